The highest BCUT2D eigenvalue weighted by atomic mass is 35.5. The van der Waals surface area contributed by atoms with Crippen LogP contribution in [0.15, 0.2) is 41.6 Å². The van der Waals surface area contributed by atoms with Crippen molar-refractivity contribution in [3.05, 3.63) is 58.1 Å². The number of nitrogens with one attached hydrogen (secondary N) is 1. The number of hydrogen-bond acceptors (Lipinski definition) is 5. The molecular weight excluding hydrogens is 382 g/mol. The Hall–Kier alpha value is -2.38. The molecule has 1 atom stereocenters. The summed E-state index contributed by atoms with van der Waals surface area (Å²) in [4.78, 5) is 12.6. The van der Waals surface area contributed by atoms with Gasteiger partial charge in [-0.25, -0.2) is 0 Å². The van der Waals surface area contributed by atoms with Gasteiger partial charge in [0, 0.05) is 10.7 Å². The zero-order chi connectivity index (χ0) is 19.6. The third kappa shape index (κ3) is 4.31. The van der Waals surface area contributed by atoms with Crippen molar-refractivity contribution in [3.8, 4) is 5.69 Å². The maximum Gasteiger partial charge on any atom is 0.237 e. The van der Waals surface area contributed by atoms with Crippen LogP contribution in [0.5, 0.6) is 0 Å². The first-order valence-corrected chi connectivity index (χ1v) is 9.71. The van der Waals surface area contributed by atoms with Gasteiger partial charge in [-0.3, -0.25) is 4.79 Å². The lowest BCUT2D eigenvalue weighted by atomic mass is 10.1. The summed E-state index contributed by atoms with van der Waals surface area (Å²) in [6.07, 6.45) is 0. The van der Waals surface area contributed by atoms with Crippen LogP contribution in [-0.4, -0.2) is 31.4 Å². The number of tetrazole rings is 1. The fourth-order valence-corrected chi connectivity index (χ4v) is 3.52. The lowest BCUT2D eigenvalue weighted by Gasteiger charge is -2.14. The SMILES string of the molecule is Cc1ccc(C)c(-n2nnnc2S[C@@H](C)C(=O)Nc2cccc(Cl)c2C)c1. The summed E-state index contributed by atoms with van der Waals surface area (Å²) in [5.74, 6) is -0.138. The second-order valence-corrected chi connectivity index (χ2v) is 8.04. The molecule has 0 fully saturated rings. The average molecular weight is 402 g/mol. The second kappa shape index (κ2) is 8.10. The van der Waals surface area contributed by atoms with Crippen LogP contribution in [-0.2, 0) is 4.79 Å². The van der Waals surface area contributed by atoms with Crippen molar-refractivity contribution in [3.63, 3.8) is 0 Å². The molecule has 0 spiro atoms. The van der Waals surface area contributed by atoms with Gasteiger partial charge >= 0.3 is 0 Å². The van der Waals surface area contributed by atoms with Crippen molar-refractivity contribution in [2.75, 3.05) is 5.32 Å². The summed E-state index contributed by atoms with van der Waals surface area (Å²) in [6, 6.07) is 11.5. The van der Waals surface area contributed by atoms with Crippen LogP contribution >= 0.6 is 23.4 Å². The van der Waals surface area contributed by atoms with E-state index in [0.717, 1.165) is 22.4 Å². The minimum Gasteiger partial charge on any atom is -0.325 e. The molecule has 2 aromatic carbocycles. The number of amides is 1. The van der Waals surface area contributed by atoms with Crippen LogP contribution in [0.25, 0.3) is 5.69 Å². The molecule has 1 aromatic heterocycles. The summed E-state index contributed by atoms with van der Waals surface area (Å²) < 4.78 is 1.67. The average Bonchev–Trinajstić information content (AvgIpc) is 3.08. The quantitative estimate of drug-likeness (QED) is 0.643. The van der Waals surface area contributed by atoms with Gasteiger partial charge in [0.05, 0.1) is 10.9 Å². The minimum absolute atomic E-state index is 0.138. The molecule has 1 heterocycles. The molecule has 3 aromatic rings. The number of halogens is 1. The monoisotopic (exact) mass is 401 g/mol. The molecule has 27 heavy (non-hydrogen) atoms. The summed E-state index contributed by atoms with van der Waals surface area (Å²) in [7, 11) is 0. The van der Waals surface area contributed by atoms with Crippen LogP contribution in [0.1, 0.15) is 23.6 Å². The molecule has 0 aliphatic heterocycles. The molecule has 0 radical (unpaired) electrons. The van der Waals surface area contributed by atoms with Crippen LogP contribution < -0.4 is 5.32 Å². The van der Waals surface area contributed by atoms with Gasteiger partial charge in [0.1, 0.15) is 0 Å². The van der Waals surface area contributed by atoms with Crippen molar-refractivity contribution >= 4 is 35.0 Å². The van der Waals surface area contributed by atoms with E-state index in [1.165, 1.54) is 11.8 Å². The van der Waals surface area contributed by atoms with E-state index in [1.807, 2.05) is 58.0 Å². The molecular formula is C19H20ClN5OS. The van der Waals surface area contributed by atoms with Crippen molar-refractivity contribution in [1.82, 2.24) is 20.2 Å². The van der Waals surface area contributed by atoms with E-state index in [2.05, 4.69) is 20.8 Å². The number of benzene rings is 2. The van der Waals surface area contributed by atoms with Crippen LogP contribution in [0, 0.1) is 20.8 Å². The van der Waals surface area contributed by atoms with Crippen LogP contribution in [0.3, 0.4) is 0 Å². The smallest absolute Gasteiger partial charge is 0.237 e. The predicted octanol–water partition coefficient (Wildman–Crippen LogP) is 4.36. The third-order valence-electron chi connectivity index (χ3n) is 4.21. The molecule has 1 amide bonds. The van der Waals surface area contributed by atoms with E-state index in [0.29, 0.717) is 15.9 Å². The summed E-state index contributed by atoms with van der Waals surface area (Å²) >= 11 is 7.43. The first-order valence-electron chi connectivity index (χ1n) is 8.45. The van der Waals surface area contributed by atoms with Gasteiger partial charge in [-0.15, -0.1) is 5.10 Å². The molecule has 1 N–H and O–H groups in total. The maximum absolute atomic E-state index is 12.6. The summed E-state index contributed by atoms with van der Waals surface area (Å²) in [6.45, 7) is 7.71. The van der Waals surface area contributed by atoms with Gasteiger partial charge in [0.25, 0.3) is 0 Å². The predicted molar refractivity (Wildman–Crippen MR) is 109 cm³/mol. The van der Waals surface area contributed by atoms with Crippen molar-refractivity contribution < 1.29 is 4.79 Å². The molecule has 0 unspecified atom stereocenters. The Balaban J connectivity index is 1.78. The van der Waals surface area contributed by atoms with E-state index in [-0.39, 0.29) is 5.91 Å². The Morgan fingerprint density at radius 2 is 2.00 bits per heavy atom. The minimum atomic E-state index is -0.391. The first kappa shape index (κ1) is 19.4. The number of nitrogens with zero attached hydrogens (tertiary/aromatic N) is 4. The largest absolute Gasteiger partial charge is 0.325 e. The Morgan fingerprint density at radius 1 is 1.22 bits per heavy atom. The topological polar surface area (TPSA) is 72.7 Å². The lowest BCUT2D eigenvalue weighted by Crippen LogP contribution is -2.23. The van der Waals surface area contributed by atoms with Crippen LogP contribution in [0.2, 0.25) is 5.02 Å². The van der Waals surface area contributed by atoms with Gasteiger partial charge in [-0.2, -0.15) is 4.68 Å². The molecule has 0 bridgehead atoms. The highest BCUT2D eigenvalue weighted by molar-refractivity contribution is 8.00. The van der Waals surface area contributed by atoms with Gasteiger partial charge in [0.2, 0.25) is 11.1 Å². The zero-order valence-corrected chi connectivity index (χ0v) is 17.1. The molecule has 0 saturated carbocycles. The number of carbonyl (C=O) groups excluding carboxylic acids is 1. The van der Waals surface area contributed by atoms with E-state index >= 15 is 0 Å². The fraction of sp³-hybridized carbons (Fsp3) is 0.263. The van der Waals surface area contributed by atoms with Gasteiger partial charge in [-0.05, 0) is 73.0 Å². The van der Waals surface area contributed by atoms with Gasteiger partial charge < -0.3 is 5.32 Å². The number of rotatable bonds is 5. The van der Waals surface area contributed by atoms with Gasteiger partial charge in [0.15, 0.2) is 0 Å². The standard InChI is InChI=1S/C19H20ClN5OS/c1-11-8-9-12(2)17(10-11)25-19(22-23-24-25)27-14(4)18(26)21-16-7-5-6-15(20)13(16)3/h5-10,14H,1-4H3,(H,21,26)/t14-/m0/s1. The number of aromatic nitrogens is 4. The molecule has 6 nitrogen and oxygen atoms in total. The van der Waals surface area contributed by atoms with Crippen molar-refractivity contribution in [1.29, 1.82) is 0 Å². The highest BCUT2D eigenvalue weighted by Gasteiger charge is 2.20. The van der Waals surface area contributed by atoms with Crippen LogP contribution in [0.4, 0.5) is 5.69 Å². The second-order valence-electron chi connectivity index (χ2n) is 6.32. The lowest BCUT2D eigenvalue weighted by molar-refractivity contribution is -0.115. The van der Waals surface area contributed by atoms with Gasteiger partial charge in [-0.1, -0.05) is 41.6 Å². The molecule has 0 saturated heterocycles. The Morgan fingerprint density at radius 3 is 2.78 bits per heavy atom. The van der Waals surface area contributed by atoms with Crippen molar-refractivity contribution in [2.45, 2.75) is 38.1 Å². The number of thioether (sulfide) groups is 1. The zero-order valence-electron chi connectivity index (χ0n) is 15.5. The number of carbonyl (C=O) groups is 1. The Bertz CT molecular complexity index is 988. The third-order valence-corrected chi connectivity index (χ3v) is 5.65. The summed E-state index contributed by atoms with van der Waals surface area (Å²) in [5, 5.41) is 15.7. The van der Waals surface area contributed by atoms with E-state index in [4.69, 9.17) is 11.6 Å². The maximum atomic E-state index is 12.6. The molecule has 0 aliphatic rings. The Labute approximate surface area is 167 Å². The summed E-state index contributed by atoms with van der Waals surface area (Å²) in [5.41, 5.74) is 4.62. The van der Waals surface area contributed by atoms with E-state index < -0.39 is 5.25 Å². The molecule has 0 aliphatic carbocycles. The van der Waals surface area contributed by atoms with E-state index in [9.17, 15) is 4.79 Å². The number of anilines is 1. The van der Waals surface area contributed by atoms with E-state index in [1.54, 1.807) is 10.7 Å². The Kier molecular flexibility index (Phi) is 5.82. The fourth-order valence-electron chi connectivity index (χ4n) is 2.54. The molecule has 8 heteroatoms. The number of aryl methyl sites for hydroxylation is 2. The molecule has 3 rings (SSSR count). The highest BCUT2D eigenvalue weighted by Crippen LogP contribution is 2.27. The van der Waals surface area contributed by atoms with Crippen molar-refractivity contribution in [2.24, 2.45) is 0 Å². The number of hydrogen-bond donors (Lipinski definition) is 1. The normalized spacial score (nSPS) is 12.0. The first-order chi connectivity index (χ1) is 12.9. The molecule has 140 valence electrons.